The highest BCUT2D eigenvalue weighted by atomic mass is 35.5. The van der Waals surface area contributed by atoms with Gasteiger partial charge in [0.1, 0.15) is 0 Å². The number of nitrogens with zero attached hydrogens (tertiary/aromatic N) is 1. The quantitative estimate of drug-likeness (QED) is 0.667. The highest BCUT2D eigenvalue weighted by Gasteiger charge is 2.18. The Morgan fingerprint density at radius 1 is 1.10 bits per heavy atom. The highest BCUT2D eigenvalue weighted by molar-refractivity contribution is 7.92. The predicted molar refractivity (Wildman–Crippen MR) is 113 cm³/mol. The summed E-state index contributed by atoms with van der Waals surface area (Å²) in [5.41, 5.74) is 0.423. The summed E-state index contributed by atoms with van der Waals surface area (Å²) in [4.78, 5) is 14.6. The lowest BCUT2D eigenvalue weighted by atomic mass is 10.2. The van der Waals surface area contributed by atoms with Crippen molar-refractivity contribution in [3.8, 4) is 0 Å². The number of benzene rings is 2. The second kappa shape index (κ2) is 9.77. The topological polar surface area (TPSA) is 87.7 Å². The lowest BCUT2D eigenvalue weighted by molar-refractivity contribution is 0.0383. The second-order valence-electron chi connectivity index (χ2n) is 6.47. The van der Waals surface area contributed by atoms with Crippen LogP contribution in [0, 0.1) is 0 Å². The molecule has 0 unspecified atom stereocenters. The molecule has 0 spiro atoms. The molecule has 1 heterocycles. The molecule has 2 aromatic carbocycles. The molecule has 2 aromatic rings. The van der Waals surface area contributed by atoms with Gasteiger partial charge in [0, 0.05) is 36.8 Å². The largest absolute Gasteiger partial charge is 0.379 e. The fourth-order valence-corrected chi connectivity index (χ4v) is 4.35. The Bertz CT molecular complexity index is 979. The van der Waals surface area contributed by atoms with Crippen molar-refractivity contribution < 1.29 is 17.9 Å². The summed E-state index contributed by atoms with van der Waals surface area (Å²) >= 11 is 11.9. The number of rotatable bonds is 7. The first-order valence-electron chi connectivity index (χ1n) is 9.01. The Labute approximate surface area is 180 Å². The van der Waals surface area contributed by atoms with Gasteiger partial charge in [0.25, 0.3) is 15.9 Å². The smallest absolute Gasteiger partial charge is 0.261 e. The molecule has 1 saturated heterocycles. The van der Waals surface area contributed by atoms with Crippen LogP contribution in [0.15, 0.2) is 47.4 Å². The van der Waals surface area contributed by atoms with Crippen molar-refractivity contribution in [1.82, 2.24) is 10.2 Å². The van der Waals surface area contributed by atoms with Crippen molar-refractivity contribution in [3.05, 3.63) is 58.1 Å². The summed E-state index contributed by atoms with van der Waals surface area (Å²) in [7, 11) is -3.94. The van der Waals surface area contributed by atoms with Crippen molar-refractivity contribution in [3.63, 3.8) is 0 Å². The van der Waals surface area contributed by atoms with Crippen molar-refractivity contribution >= 4 is 44.8 Å². The monoisotopic (exact) mass is 457 g/mol. The van der Waals surface area contributed by atoms with Gasteiger partial charge in [0.2, 0.25) is 0 Å². The van der Waals surface area contributed by atoms with Crippen molar-refractivity contribution in [2.75, 3.05) is 44.1 Å². The molecule has 156 valence electrons. The molecule has 1 fully saturated rings. The van der Waals surface area contributed by atoms with E-state index in [1.807, 2.05) is 0 Å². The Morgan fingerprint density at radius 2 is 1.86 bits per heavy atom. The van der Waals surface area contributed by atoms with Gasteiger partial charge in [-0.3, -0.25) is 14.4 Å². The number of morpholine rings is 1. The minimum atomic E-state index is -3.94. The maximum atomic E-state index is 12.7. The van der Waals surface area contributed by atoms with E-state index < -0.39 is 10.0 Å². The molecular weight excluding hydrogens is 437 g/mol. The molecule has 1 aliphatic rings. The van der Waals surface area contributed by atoms with Crippen LogP contribution in [0.4, 0.5) is 5.69 Å². The zero-order chi connectivity index (χ0) is 20.9. The molecule has 2 N–H and O–H groups in total. The van der Waals surface area contributed by atoms with Crippen LogP contribution in [-0.4, -0.2) is 58.6 Å². The minimum Gasteiger partial charge on any atom is -0.379 e. The molecular formula is C19H21Cl2N3O4S. The Balaban J connectivity index is 1.65. The summed E-state index contributed by atoms with van der Waals surface area (Å²) < 4.78 is 33.1. The van der Waals surface area contributed by atoms with Gasteiger partial charge < -0.3 is 10.1 Å². The SMILES string of the molecule is O=C(NCCN1CCOCC1)c1cccc(S(=O)(=O)Nc2cc(Cl)ccc2Cl)c1. The van der Waals surface area contributed by atoms with Crippen molar-refractivity contribution in [2.45, 2.75) is 4.90 Å². The number of anilines is 1. The van der Waals surface area contributed by atoms with Crippen molar-refractivity contribution in [1.29, 1.82) is 0 Å². The minimum absolute atomic E-state index is 0.0469. The third kappa shape index (κ3) is 6.07. The lowest BCUT2D eigenvalue weighted by Crippen LogP contribution is -2.41. The van der Waals surface area contributed by atoms with Gasteiger partial charge in [-0.15, -0.1) is 0 Å². The van der Waals surface area contributed by atoms with E-state index >= 15 is 0 Å². The maximum Gasteiger partial charge on any atom is 0.261 e. The highest BCUT2D eigenvalue weighted by Crippen LogP contribution is 2.27. The zero-order valence-electron chi connectivity index (χ0n) is 15.5. The number of carbonyl (C=O) groups excluding carboxylic acids is 1. The lowest BCUT2D eigenvalue weighted by Gasteiger charge is -2.26. The summed E-state index contributed by atoms with van der Waals surface area (Å²) in [6, 6.07) is 10.3. The van der Waals surface area contributed by atoms with Gasteiger partial charge >= 0.3 is 0 Å². The van der Waals surface area contributed by atoms with E-state index in [1.54, 1.807) is 12.1 Å². The van der Waals surface area contributed by atoms with Crippen LogP contribution in [0.3, 0.4) is 0 Å². The summed E-state index contributed by atoms with van der Waals surface area (Å²) in [5.74, 6) is -0.337. The fraction of sp³-hybridized carbons (Fsp3) is 0.316. The molecule has 29 heavy (non-hydrogen) atoms. The first-order valence-corrected chi connectivity index (χ1v) is 11.3. The number of halogens is 2. The number of carbonyl (C=O) groups is 1. The van der Waals surface area contributed by atoms with Crippen LogP contribution in [0.1, 0.15) is 10.4 Å². The Hall–Kier alpha value is -1.84. The third-order valence-corrected chi connectivity index (χ3v) is 6.32. The van der Waals surface area contributed by atoms with Gasteiger partial charge in [-0.25, -0.2) is 8.42 Å². The average Bonchev–Trinajstić information content (AvgIpc) is 2.71. The molecule has 3 rings (SSSR count). The molecule has 0 bridgehead atoms. The number of hydrogen-bond donors (Lipinski definition) is 2. The number of ether oxygens (including phenoxy) is 1. The van der Waals surface area contributed by atoms with Crippen LogP contribution in [0.5, 0.6) is 0 Å². The van der Waals surface area contributed by atoms with Crippen LogP contribution >= 0.6 is 23.2 Å². The van der Waals surface area contributed by atoms with Gasteiger partial charge in [-0.1, -0.05) is 29.3 Å². The van der Waals surface area contributed by atoms with Crippen molar-refractivity contribution in [2.24, 2.45) is 0 Å². The zero-order valence-corrected chi connectivity index (χ0v) is 17.9. The van der Waals surface area contributed by atoms with Gasteiger partial charge in [0.15, 0.2) is 0 Å². The first-order chi connectivity index (χ1) is 13.8. The normalized spacial score (nSPS) is 15.1. The number of amides is 1. The van der Waals surface area contributed by atoms with Crippen LogP contribution in [0.2, 0.25) is 10.0 Å². The molecule has 1 aliphatic heterocycles. The van der Waals surface area contributed by atoms with E-state index in [-0.39, 0.29) is 27.1 Å². The maximum absolute atomic E-state index is 12.7. The molecule has 0 aromatic heterocycles. The Kier molecular flexibility index (Phi) is 7.37. The third-order valence-electron chi connectivity index (χ3n) is 4.40. The summed E-state index contributed by atoms with van der Waals surface area (Å²) in [6.07, 6.45) is 0. The predicted octanol–water partition coefficient (Wildman–Crippen LogP) is 2.86. The van der Waals surface area contributed by atoms with E-state index in [2.05, 4.69) is 14.9 Å². The molecule has 0 radical (unpaired) electrons. The van der Waals surface area contributed by atoms with E-state index in [4.69, 9.17) is 27.9 Å². The standard InChI is InChI=1S/C19H21Cl2N3O4S/c20-15-4-5-17(21)18(13-15)23-29(26,27)16-3-1-2-14(12-16)19(25)22-6-7-24-8-10-28-11-9-24/h1-5,12-13,23H,6-11H2,(H,22,25). The molecule has 0 atom stereocenters. The second-order valence-corrected chi connectivity index (χ2v) is 8.99. The first kappa shape index (κ1) is 21.9. The van der Waals surface area contributed by atoms with E-state index in [9.17, 15) is 13.2 Å². The van der Waals surface area contributed by atoms with Crippen LogP contribution in [0.25, 0.3) is 0 Å². The number of sulfonamides is 1. The number of nitrogens with one attached hydrogen (secondary N) is 2. The van der Waals surface area contributed by atoms with E-state index in [0.29, 0.717) is 31.3 Å². The molecule has 7 nitrogen and oxygen atoms in total. The van der Waals surface area contributed by atoms with E-state index in [1.165, 1.54) is 30.3 Å². The molecule has 1 amide bonds. The Morgan fingerprint density at radius 3 is 2.62 bits per heavy atom. The summed E-state index contributed by atoms with van der Waals surface area (Å²) in [6.45, 7) is 4.23. The van der Waals surface area contributed by atoms with Crippen LogP contribution < -0.4 is 10.0 Å². The van der Waals surface area contributed by atoms with Crippen LogP contribution in [-0.2, 0) is 14.8 Å². The van der Waals surface area contributed by atoms with E-state index in [0.717, 1.165) is 13.1 Å². The molecule has 0 saturated carbocycles. The van der Waals surface area contributed by atoms with Gasteiger partial charge in [-0.2, -0.15) is 0 Å². The molecule has 10 heteroatoms. The summed E-state index contributed by atoms with van der Waals surface area (Å²) in [5, 5.41) is 3.38. The van der Waals surface area contributed by atoms with Gasteiger partial charge in [0.05, 0.1) is 28.8 Å². The fourth-order valence-electron chi connectivity index (χ4n) is 2.84. The molecule has 0 aliphatic carbocycles. The average molecular weight is 458 g/mol. The number of hydrogen-bond acceptors (Lipinski definition) is 5. The van der Waals surface area contributed by atoms with Gasteiger partial charge in [-0.05, 0) is 36.4 Å².